The third-order valence-corrected chi connectivity index (χ3v) is 5.14. The maximum absolute atomic E-state index is 13.0. The van der Waals surface area contributed by atoms with E-state index in [1.54, 1.807) is 18.3 Å². The summed E-state index contributed by atoms with van der Waals surface area (Å²) < 4.78 is 5.88. The van der Waals surface area contributed by atoms with Gasteiger partial charge in [0.25, 0.3) is 0 Å². The lowest BCUT2D eigenvalue weighted by Gasteiger charge is -2.40. The Morgan fingerprint density at radius 2 is 2.12 bits per heavy atom. The van der Waals surface area contributed by atoms with Gasteiger partial charge in [-0.3, -0.25) is 4.79 Å². The van der Waals surface area contributed by atoms with E-state index in [0.29, 0.717) is 37.7 Å². The van der Waals surface area contributed by atoms with Crippen LogP contribution in [0.4, 0.5) is 5.82 Å². The fraction of sp³-hybridized carbons (Fsp3) is 0.632. The van der Waals surface area contributed by atoms with E-state index in [4.69, 9.17) is 4.74 Å². The van der Waals surface area contributed by atoms with Gasteiger partial charge in [0.1, 0.15) is 11.9 Å². The Balaban J connectivity index is 1.64. The summed E-state index contributed by atoms with van der Waals surface area (Å²) in [5.41, 5.74) is 0.586. The van der Waals surface area contributed by atoms with Crippen molar-refractivity contribution in [1.29, 1.82) is 5.26 Å². The summed E-state index contributed by atoms with van der Waals surface area (Å²) in [5.74, 6) is 1.27. The van der Waals surface area contributed by atoms with E-state index in [9.17, 15) is 10.1 Å². The normalized spacial score (nSPS) is 24.2. The van der Waals surface area contributed by atoms with E-state index in [1.807, 2.05) is 4.90 Å². The molecule has 0 aliphatic carbocycles. The minimum absolute atomic E-state index is 0.0233. The van der Waals surface area contributed by atoms with E-state index in [1.165, 1.54) is 0 Å². The molecule has 6 heteroatoms. The minimum Gasteiger partial charge on any atom is -0.377 e. The molecule has 25 heavy (non-hydrogen) atoms. The van der Waals surface area contributed by atoms with Crippen molar-refractivity contribution in [1.82, 2.24) is 9.88 Å². The molecule has 2 atom stereocenters. The van der Waals surface area contributed by atoms with Crippen molar-refractivity contribution in [2.24, 2.45) is 11.8 Å². The number of hydrogen-bond donors (Lipinski definition) is 0. The van der Waals surface area contributed by atoms with Gasteiger partial charge >= 0.3 is 0 Å². The number of ether oxygens (including phenoxy) is 1. The third-order valence-electron chi connectivity index (χ3n) is 5.14. The van der Waals surface area contributed by atoms with E-state index < -0.39 is 0 Å². The lowest BCUT2D eigenvalue weighted by atomic mass is 9.86. The SMILES string of the molecule is CC(C)[C@H]1OCCC[C@@H]1C(=O)N1CCN(c2ncccc2C#N)CC1. The molecule has 3 heterocycles. The van der Waals surface area contributed by atoms with Crippen LogP contribution in [0.25, 0.3) is 0 Å². The smallest absolute Gasteiger partial charge is 0.228 e. The van der Waals surface area contributed by atoms with Gasteiger partial charge in [-0.05, 0) is 30.9 Å². The summed E-state index contributed by atoms with van der Waals surface area (Å²) in [6, 6.07) is 5.75. The number of anilines is 1. The first-order chi connectivity index (χ1) is 12.1. The summed E-state index contributed by atoms with van der Waals surface area (Å²) >= 11 is 0. The molecule has 1 aromatic heterocycles. The first-order valence-electron chi connectivity index (χ1n) is 9.12. The van der Waals surface area contributed by atoms with Gasteiger partial charge in [-0.15, -0.1) is 0 Å². The molecule has 6 nitrogen and oxygen atoms in total. The van der Waals surface area contributed by atoms with Crippen LogP contribution in [0.3, 0.4) is 0 Å². The number of nitriles is 1. The van der Waals surface area contributed by atoms with Crippen molar-refractivity contribution in [2.45, 2.75) is 32.8 Å². The lowest BCUT2D eigenvalue weighted by molar-refractivity contribution is -0.148. The Kier molecular flexibility index (Phi) is 5.54. The number of hydrogen-bond acceptors (Lipinski definition) is 5. The Labute approximate surface area is 149 Å². The van der Waals surface area contributed by atoms with Crippen molar-refractivity contribution < 1.29 is 9.53 Å². The van der Waals surface area contributed by atoms with Gasteiger partial charge in [0.05, 0.1) is 17.6 Å². The quantitative estimate of drug-likeness (QED) is 0.841. The molecule has 0 aromatic carbocycles. The van der Waals surface area contributed by atoms with Crippen LogP contribution < -0.4 is 4.90 Å². The van der Waals surface area contributed by atoms with Crippen LogP contribution in [0.15, 0.2) is 18.3 Å². The first kappa shape index (κ1) is 17.7. The highest BCUT2D eigenvalue weighted by molar-refractivity contribution is 5.80. The second-order valence-electron chi connectivity index (χ2n) is 7.13. The van der Waals surface area contributed by atoms with Gasteiger partial charge in [0, 0.05) is 39.0 Å². The number of carbonyl (C=O) groups is 1. The van der Waals surface area contributed by atoms with Gasteiger partial charge in [-0.1, -0.05) is 13.8 Å². The lowest BCUT2D eigenvalue weighted by Crippen LogP contribution is -2.53. The van der Waals surface area contributed by atoms with Crippen LogP contribution in [0.5, 0.6) is 0 Å². The highest BCUT2D eigenvalue weighted by Gasteiger charge is 2.37. The summed E-state index contributed by atoms with van der Waals surface area (Å²) in [4.78, 5) is 21.4. The molecule has 0 radical (unpaired) electrons. The minimum atomic E-state index is -0.0233. The second-order valence-corrected chi connectivity index (χ2v) is 7.13. The van der Waals surface area contributed by atoms with Crippen molar-refractivity contribution in [3.8, 4) is 6.07 Å². The van der Waals surface area contributed by atoms with Crippen LogP contribution in [0.1, 0.15) is 32.3 Å². The topological polar surface area (TPSA) is 69.5 Å². The van der Waals surface area contributed by atoms with Crippen molar-refractivity contribution in [2.75, 3.05) is 37.7 Å². The van der Waals surface area contributed by atoms with Gasteiger partial charge in [-0.25, -0.2) is 4.98 Å². The molecule has 134 valence electrons. The molecule has 0 spiro atoms. The summed E-state index contributed by atoms with van der Waals surface area (Å²) in [7, 11) is 0. The predicted molar refractivity (Wildman–Crippen MR) is 95.0 cm³/mol. The second kappa shape index (κ2) is 7.83. The molecule has 3 rings (SSSR count). The maximum atomic E-state index is 13.0. The monoisotopic (exact) mass is 342 g/mol. The van der Waals surface area contributed by atoms with Crippen molar-refractivity contribution in [3.05, 3.63) is 23.9 Å². The average Bonchev–Trinajstić information content (AvgIpc) is 2.67. The number of piperazine rings is 1. The zero-order valence-corrected chi connectivity index (χ0v) is 15.0. The molecule has 0 N–H and O–H groups in total. The highest BCUT2D eigenvalue weighted by Crippen LogP contribution is 2.28. The Bertz CT molecular complexity index is 647. The summed E-state index contributed by atoms with van der Waals surface area (Å²) in [6.45, 7) is 7.76. The van der Waals surface area contributed by atoms with Crippen LogP contribution in [0.2, 0.25) is 0 Å². The Morgan fingerprint density at radius 3 is 2.80 bits per heavy atom. The molecule has 0 bridgehead atoms. The molecule has 2 saturated heterocycles. The van der Waals surface area contributed by atoms with Crippen molar-refractivity contribution >= 4 is 11.7 Å². The fourth-order valence-corrected chi connectivity index (χ4v) is 3.83. The van der Waals surface area contributed by atoms with Crippen molar-refractivity contribution in [3.63, 3.8) is 0 Å². The maximum Gasteiger partial charge on any atom is 0.228 e. The fourth-order valence-electron chi connectivity index (χ4n) is 3.83. The standard InChI is InChI=1S/C19H26N4O2/c1-14(2)17-16(6-4-12-25-17)19(24)23-10-8-22(9-11-23)18-15(13-20)5-3-7-21-18/h3,5,7,14,16-17H,4,6,8-12H2,1-2H3/t16-,17+/m0/s1. The van der Waals surface area contributed by atoms with E-state index in [2.05, 4.69) is 29.8 Å². The zero-order valence-electron chi connectivity index (χ0n) is 15.0. The molecule has 2 fully saturated rings. The molecule has 1 aromatic rings. The van der Waals surface area contributed by atoms with Crippen LogP contribution in [-0.4, -0.2) is 54.7 Å². The van der Waals surface area contributed by atoms with Crippen LogP contribution in [-0.2, 0) is 9.53 Å². The molecule has 0 saturated carbocycles. The number of amides is 1. The third kappa shape index (κ3) is 3.77. The highest BCUT2D eigenvalue weighted by atomic mass is 16.5. The van der Waals surface area contributed by atoms with Gasteiger partial charge in [0.2, 0.25) is 5.91 Å². The molecular formula is C19H26N4O2. The Morgan fingerprint density at radius 1 is 1.36 bits per heavy atom. The first-order valence-corrected chi connectivity index (χ1v) is 9.12. The molecule has 2 aliphatic rings. The number of nitrogens with zero attached hydrogens (tertiary/aromatic N) is 4. The van der Waals surface area contributed by atoms with E-state index in [0.717, 1.165) is 25.3 Å². The van der Waals surface area contributed by atoms with E-state index >= 15 is 0 Å². The zero-order chi connectivity index (χ0) is 17.8. The molecule has 2 aliphatic heterocycles. The number of pyridine rings is 1. The van der Waals surface area contributed by atoms with E-state index in [-0.39, 0.29) is 17.9 Å². The largest absolute Gasteiger partial charge is 0.377 e. The number of rotatable bonds is 3. The number of carbonyl (C=O) groups excluding carboxylic acids is 1. The summed E-state index contributed by atoms with van der Waals surface area (Å²) in [5, 5.41) is 9.25. The molecular weight excluding hydrogens is 316 g/mol. The average molecular weight is 342 g/mol. The Hall–Kier alpha value is -2.13. The van der Waals surface area contributed by atoms with Crippen LogP contribution >= 0.6 is 0 Å². The molecule has 1 amide bonds. The van der Waals surface area contributed by atoms with Gasteiger partial charge < -0.3 is 14.5 Å². The van der Waals surface area contributed by atoms with Crippen LogP contribution in [0, 0.1) is 23.2 Å². The van der Waals surface area contributed by atoms with Gasteiger partial charge in [-0.2, -0.15) is 5.26 Å². The molecule has 0 unspecified atom stereocenters. The predicted octanol–water partition coefficient (Wildman–Crippen LogP) is 2.05. The summed E-state index contributed by atoms with van der Waals surface area (Å²) in [6.07, 6.45) is 3.61. The number of aromatic nitrogens is 1. The van der Waals surface area contributed by atoms with Gasteiger partial charge in [0.15, 0.2) is 0 Å².